The van der Waals surface area contributed by atoms with Crippen LogP contribution >= 0.6 is 0 Å². The second-order valence-electron chi connectivity index (χ2n) is 3.95. The van der Waals surface area contributed by atoms with Gasteiger partial charge in [0.25, 0.3) is 0 Å². The first kappa shape index (κ1) is 13.1. The minimum absolute atomic E-state index is 0.165. The third-order valence-electron chi connectivity index (χ3n) is 2.67. The molecule has 0 bridgehead atoms. The van der Waals surface area contributed by atoms with Crippen molar-refractivity contribution < 1.29 is 4.39 Å². The number of nitrogens with zero attached hydrogens (tertiary/aromatic N) is 1. The molecule has 3 heteroatoms. The Hall–Kier alpha value is -0.930. The normalized spacial score (nSPS) is 11.0. The van der Waals surface area contributed by atoms with E-state index in [-0.39, 0.29) is 5.82 Å². The monoisotopic (exact) mass is 224 g/mol. The Balaban J connectivity index is 2.40. The van der Waals surface area contributed by atoms with Gasteiger partial charge in [-0.2, -0.15) is 0 Å². The van der Waals surface area contributed by atoms with Crippen molar-refractivity contribution in [1.82, 2.24) is 10.2 Å². The molecular weight excluding hydrogens is 203 g/mol. The lowest BCUT2D eigenvalue weighted by molar-refractivity contribution is 0.276. The molecule has 0 heterocycles. The van der Waals surface area contributed by atoms with Gasteiger partial charge in [0.15, 0.2) is 0 Å². The molecule has 1 N–H and O–H groups in total. The maximum atomic E-state index is 12.7. The molecule has 0 aliphatic heterocycles. The van der Waals surface area contributed by atoms with Crippen molar-refractivity contribution in [3.05, 3.63) is 35.6 Å². The Kier molecular flexibility index (Phi) is 6.04. The first-order valence-corrected chi connectivity index (χ1v) is 5.87. The summed E-state index contributed by atoms with van der Waals surface area (Å²) in [6, 6.07) is 6.76. The van der Waals surface area contributed by atoms with Crippen molar-refractivity contribution in [2.45, 2.75) is 19.9 Å². The Labute approximate surface area is 97.5 Å². The highest BCUT2D eigenvalue weighted by molar-refractivity contribution is 5.15. The summed E-state index contributed by atoms with van der Waals surface area (Å²) in [7, 11) is 1.97. The van der Waals surface area contributed by atoms with Crippen LogP contribution in [0.2, 0.25) is 0 Å². The lowest BCUT2D eigenvalue weighted by Crippen LogP contribution is -2.26. The van der Waals surface area contributed by atoms with Gasteiger partial charge in [0.2, 0.25) is 0 Å². The van der Waals surface area contributed by atoms with Crippen LogP contribution in [0.5, 0.6) is 0 Å². The molecule has 0 amide bonds. The Morgan fingerprint density at radius 1 is 1.25 bits per heavy atom. The van der Waals surface area contributed by atoms with Gasteiger partial charge in [-0.05, 0) is 50.8 Å². The average Bonchev–Trinajstić information content (AvgIpc) is 2.31. The summed E-state index contributed by atoms with van der Waals surface area (Å²) in [6.07, 6.45) is 1.14. The minimum Gasteiger partial charge on any atom is -0.320 e. The number of benzene rings is 1. The van der Waals surface area contributed by atoms with Gasteiger partial charge in [0.1, 0.15) is 5.82 Å². The molecule has 1 aromatic rings. The zero-order valence-electron chi connectivity index (χ0n) is 10.2. The molecule has 0 atom stereocenters. The van der Waals surface area contributed by atoms with Gasteiger partial charge in [-0.15, -0.1) is 0 Å². The van der Waals surface area contributed by atoms with E-state index in [9.17, 15) is 4.39 Å². The van der Waals surface area contributed by atoms with Crippen LogP contribution in [0.4, 0.5) is 4.39 Å². The topological polar surface area (TPSA) is 15.3 Å². The molecule has 0 unspecified atom stereocenters. The highest BCUT2D eigenvalue weighted by Crippen LogP contribution is 2.06. The molecule has 0 saturated heterocycles. The van der Waals surface area contributed by atoms with Crippen molar-refractivity contribution in [1.29, 1.82) is 0 Å². The van der Waals surface area contributed by atoms with Crippen LogP contribution in [0.15, 0.2) is 24.3 Å². The van der Waals surface area contributed by atoms with Gasteiger partial charge in [-0.1, -0.05) is 19.1 Å². The van der Waals surface area contributed by atoms with Crippen LogP contribution in [-0.2, 0) is 6.54 Å². The number of hydrogen-bond donors (Lipinski definition) is 1. The van der Waals surface area contributed by atoms with Gasteiger partial charge in [0, 0.05) is 6.54 Å². The largest absolute Gasteiger partial charge is 0.320 e. The fraction of sp³-hybridized carbons (Fsp3) is 0.538. The molecule has 0 fully saturated rings. The van der Waals surface area contributed by atoms with Gasteiger partial charge in [-0.25, -0.2) is 4.39 Å². The fourth-order valence-corrected chi connectivity index (χ4v) is 1.68. The van der Waals surface area contributed by atoms with E-state index in [2.05, 4.69) is 17.1 Å². The average molecular weight is 224 g/mol. The summed E-state index contributed by atoms with van der Waals surface area (Å²) in [6.45, 7) is 6.21. The van der Waals surface area contributed by atoms with E-state index < -0.39 is 0 Å². The molecule has 2 nitrogen and oxygen atoms in total. The summed E-state index contributed by atoms with van der Waals surface area (Å²) in [5.41, 5.74) is 1.17. The summed E-state index contributed by atoms with van der Waals surface area (Å²) >= 11 is 0. The highest BCUT2D eigenvalue weighted by atomic mass is 19.1. The first-order chi connectivity index (χ1) is 7.76. The quantitative estimate of drug-likeness (QED) is 0.715. The second kappa shape index (κ2) is 7.36. The van der Waals surface area contributed by atoms with E-state index >= 15 is 0 Å². The van der Waals surface area contributed by atoms with Crippen molar-refractivity contribution in [3.8, 4) is 0 Å². The highest BCUT2D eigenvalue weighted by Gasteiger charge is 2.03. The van der Waals surface area contributed by atoms with Crippen LogP contribution < -0.4 is 5.32 Å². The zero-order valence-corrected chi connectivity index (χ0v) is 10.2. The molecule has 90 valence electrons. The summed E-state index contributed by atoms with van der Waals surface area (Å²) in [4.78, 5) is 2.37. The maximum Gasteiger partial charge on any atom is 0.123 e. The standard InChI is InChI=1S/C13H21FN2/c1-3-16(10-4-9-15-2)11-12-5-7-13(14)8-6-12/h5-8,15H,3-4,9-11H2,1-2H3. The summed E-state index contributed by atoms with van der Waals surface area (Å²) < 4.78 is 12.7. The number of nitrogens with one attached hydrogen (secondary N) is 1. The zero-order chi connectivity index (χ0) is 11.8. The van der Waals surface area contributed by atoms with E-state index in [1.54, 1.807) is 0 Å². The molecule has 0 radical (unpaired) electrons. The van der Waals surface area contributed by atoms with Crippen molar-refractivity contribution in [2.75, 3.05) is 26.7 Å². The fourth-order valence-electron chi connectivity index (χ4n) is 1.68. The Bertz CT molecular complexity index is 284. The van der Waals surface area contributed by atoms with Crippen molar-refractivity contribution >= 4 is 0 Å². The van der Waals surface area contributed by atoms with E-state index in [4.69, 9.17) is 0 Å². The molecule has 0 aliphatic carbocycles. The first-order valence-electron chi connectivity index (χ1n) is 5.87. The molecule has 0 spiro atoms. The molecule has 0 aliphatic rings. The smallest absolute Gasteiger partial charge is 0.123 e. The predicted octanol–water partition coefficient (Wildman–Crippen LogP) is 2.26. The number of rotatable bonds is 7. The number of halogens is 1. The second-order valence-corrected chi connectivity index (χ2v) is 3.95. The lowest BCUT2D eigenvalue weighted by atomic mass is 10.2. The van der Waals surface area contributed by atoms with Crippen LogP contribution in [0.1, 0.15) is 18.9 Å². The van der Waals surface area contributed by atoms with E-state index in [0.717, 1.165) is 32.6 Å². The van der Waals surface area contributed by atoms with E-state index in [1.165, 1.54) is 17.7 Å². The summed E-state index contributed by atoms with van der Waals surface area (Å²) in [5.74, 6) is -0.165. The predicted molar refractivity (Wildman–Crippen MR) is 65.9 cm³/mol. The molecule has 0 aromatic heterocycles. The van der Waals surface area contributed by atoms with Crippen LogP contribution in [0.3, 0.4) is 0 Å². The molecule has 16 heavy (non-hydrogen) atoms. The summed E-state index contributed by atoms with van der Waals surface area (Å²) in [5, 5.41) is 3.14. The third kappa shape index (κ3) is 4.73. The van der Waals surface area contributed by atoms with Gasteiger partial charge < -0.3 is 5.32 Å². The van der Waals surface area contributed by atoms with Crippen LogP contribution in [0, 0.1) is 5.82 Å². The Morgan fingerprint density at radius 2 is 1.94 bits per heavy atom. The van der Waals surface area contributed by atoms with Gasteiger partial charge in [0.05, 0.1) is 0 Å². The van der Waals surface area contributed by atoms with Gasteiger partial charge in [-0.3, -0.25) is 4.90 Å². The Morgan fingerprint density at radius 3 is 2.50 bits per heavy atom. The van der Waals surface area contributed by atoms with Crippen molar-refractivity contribution in [2.24, 2.45) is 0 Å². The SMILES string of the molecule is CCN(CCCNC)Cc1ccc(F)cc1. The van der Waals surface area contributed by atoms with Crippen LogP contribution in [0.25, 0.3) is 0 Å². The maximum absolute atomic E-state index is 12.7. The van der Waals surface area contributed by atoms with Crippen LogP contribution in [-0.4, -0.2) is 31.6 Å². The molecular formula is C13H21FN2. The number of hydrogen-bond acceptors (Lipinski definition) is 2. The van der Waals surface area contributed by atoms with E-state index in [1.807, 2.05) is 19.2 Å². The molecule has 1 aromatic carbocycles. The molecule has 0 saturated carbocycles. The lowest BCUT2D eigenvalue weighted by Gasteiger charge is -2.20. The van der Waals surface area contributed by atoms with E-state index in [0.29, 0.717) is 0 Å². The molecule has 1 rings (SSSR count). The third-order valence-corrected chi connectivity index (χ3v) is 2.67. The van der Waals surface area contributed by atoms with Crippen molar-refractivity contribution in [3.63, 3.8) is 0 Å². The van der Waals surface area contributed by atoms with Gasteiger partial charge >= 0.3 is 0 Å². The minimum atomic E-state index is -0.165.